The average molecular weight is 245 g/mol. The van der Waals surface area contributed by atoms with Gasteiger partial charge in [-0.1, -0.05) is 44.2 Å². The number of halogens is 1. The maximum absolute atomic E-state index is 14.0. The van der Waals surface area contributed by atoms with Gasteiger partial charge in [-0.2, -0.15) is 5.10 Å². The van der Waals surface area contributed by atoms with E-state index in [0.717, 1.165) is 11.4 Å². The highest BCUT2D eigenvalue weighted by molar-refractivity contribution is 5.23. The Bertz CT molecular complexity index is 547. The van der Waals surface area contributed by atoms with E-state index in [-0.39, 0.29) is 12.0 Å². The minimum absolute atomic E-state index is 0.0174. The number of alkyl halides is 1. The molecule has 2 aromatic rings. The third-order valence-corrected chi connectivity index (χ3v) is 3.38. The smallest absolute Gasteiger partial charge is 0.162 e. The van der Waals surface area contributed by atoms with Crippen molar-refractivity contribution in [2.24, 2.45) is 0 Å². The molecular formula is C14H16FN3. The van der Waals surface area contributed by atoms with Crippen LogP contribution in [0.15, 0.2) is 30.3 Å². The first-order valence-corrected chi connectivity index (χ1v) is 6.32. The number of aromatic nitrogens is 3. The van der Waals surface area contributed by atoms with Gasteiger partial charge in [0.05, 0.1) is 6.04 Å². The standard InChI is InChI=1S/C14H16FN3/c1-9(2)13-16-14-11(15)8-12(18(14)17-13)10-6-4-3-5-7-10/h3-7,9,11-12H,8H2,1-2H3/t11-,12+/m1/s1. The van der Waals surface area contributed by atoms with Crippen LogP contribution >= 0.6 is 0 Å². The highest BCUT2D eigenvalue weighted by Gasteiger charge is 2.35. The Morgan fingerprint density at radius 1 is 1.28 bits per heavy atom. The van der Waals surface area contributed by atoms with Crippen molar-refractivity contribution in [1.29, 1.82) is 0 Å². The first-order valence-electron chi connectivity index (χ1n) is 6.32. The van der Waals surface area contributed by atoms with E-state index < -0.39 is 6.17 Å². The van der Waals surface area contributed by atoms with Crippen LogP contribution in [0.1, 0.15) is 55.6 Å². The van der Waals surface area contributed by atoms with Gasteiger partial charge in [-0.25, -0.2) is 14.1 Å². The number of hydrogen-bond donors (Lipinski definition) is 0. The molecule has 1 aromatic carbocycles. The monoisotopic (exact) mass is 245 g/mol. The fourth-order valence-corrected chi connectivity index (χ4v) is 2.39. The maximum atomic E-state index is 14.0. The zero-order chi connectivity index (χ0) is 12.7. The first-order chi connectivity index (χ1) is 8.66. The van der Waals surface area contributed by atoms with Crippen molar-refractivity contribution in [2.75, 3.05) is 0 Å². The number of fused-ring (bicyclic) bond motifs is 1. The van der Waals surface area contributed by atoms with Crippen LogP contribution in [0.25, 0.3) is 0 Å². The van der Waals surface area contributed by atoms with Crippen LogP contribution in [0.5, 0.6) is 0 Å². The summed E-state index contributed by atoms with van der Waals surface area (Å²) in [6.07, 6.45) is -0.562. The SMILES string of the molecule is CC(C)c1nc2n(n1)[C@H](c1ccccc1)C[C@H]2F. The second-order valence-corrected chi connectivity index (χ2v) is 5.06. The summed E-state index contributed by atoms with van der Waals surface area (Å²) < 4.78 is 15.8. The summed E-state index contributed by atoms with van der Waals surface area (Å²) in [6, 6.07) is 9.93. The Hall–Kier alpha value is -1.71. The summed E-state index contributed by atoms with van der Waals surface area (Å²) in [7, 11) is 0. The second-order valence-electron chi connectivity index (χ2n) is 5.06. The molecule has 94 valence electrons. The number of rotatable bonds is 2. The lowest BCUT2D eigenvalue weighted by molar-refractivity contribution is 0.327. The van der Waals surface area contributed by atoms with Gasteiger partial charge in [-0.05, 0) is 5.56 Å². The summed E-state index contributed by atoms with van der Waals surface area (Å²) >= 11 is 0. The quantitative estimate of drug-likeness (QED) is 0.811. The third kappa shape index (κ3) is 1.72. The van der Waals surface area contributed by atoms with Crippen LogP contribution in [-0.2, 0) is 0 Å². The summed E-state index contributed by atoms with van der Waals surface area (Å²) in [6.45, 7) is 4.05. The highest BCUT2D eigenvalue weighted by atomic mass is 19.1. The molecule has 1 aromatic heterocycles. The molecule has 0 spiro atoms. The van der Waals surface area contributed by atoms with Gasteiger partial charge in [0.1, 0.15) is 0 Å². The fourth-order valence-electron chi connectivity index (χ4n) is 2.39. The van der Waals surface area contributed by atoms with Crippen LogP contribution in [-0.4, -0.2) is 14.8 Å². The van der Waals surface area contributed by atoms with E-state index in [1.807, 2.05) is 44.2 Å². The second kappa shape index (κ2) is 4.19. The molecule has 1 aliphatic rings. The summed E-state index contributed by atoms with van der Waals surface area (Å²) in [5.74, 6) is 1.44. The van der Waals surface area contributed by atoms with Gasteiger partial charge in [-0.3, -0.25) is 0 Å². The number of benzene rings is 1. The van der Waals surface area contributed by atoms with Crippen molar-refractivity contribution in [3.8, 4) is 0 Å². The van der Waals surface area contributed by atoms with E-state index in [0.29, 0.717) is 12.2 Å². The predicted molar refractivity (Wildman–Crippen MR) is 67.2 cm³/mol. The lowest BCUT2D eigenvalue weighted by atomic mass is 10.0. The van der Waals surface area contributed by atoms with E-state index in [4.69, 9.17) is 0 Å². The molecule has 0 saturated heterocycles. The van der Waals surface area contributed by atoms with Crippen molar-refractivity contribution in [1.82, 2.24) is 14.8 Å². The van der Waals surface area contributed by atoms with Crippen LogP contribution in [0.4, 0.5) is 4.39 Å². The van der Waals surface area contributed by atoms with E-state index in [2.05, 4.69) is 10.1 Å². The van der Waals surface area contributed by atoms with Crippen molar-refractivity contribution >= 4 is 0 Å². The van der Waals surface area contributed by atoms with Gasteiger partial charge in [0, 0.05) is 12.3 Å². The summed E-state index contributed by atoms with van der Waals surface area (Å²) in [5.41, 5.74) is 1.10. The van der Waals surface area contributed by atoms with Gasteiger partial charge in [0.2, 0.25) is 0 Å². The Morgan fingerprint density at radius 2 is 2.00 bits per heavy atom. The molecule has 0 aliphatic carbocycles. The number of hydrogen-bond acceptors (Lipinski definition) is 2. The van der Waals surface area contributed by atoms with Crippen LogP contribution in [0, 0.1) is 0 Å². The lowest BCUT2D eigenvalue weighted by Gasteiger charge is -2.11. The van der Waals surface area contributed by atoms with Gasteiger partial charge in [0.25, 0.3) is 0 Å². The minimum atomic E-state index is -1.00. The first kappa shape index (κ1) is 11.4. The maximum Gasteiger partial charge on any atom is 0.162 e. The van der Waals surface area contributed by atoms with Crippen molar-refractivity contribution in [3.05, 3.63) is 47.5 Å². The summed E-state index contributed by atoms with van der Waals surface area (Å²) in [4.78, 5) is 4.32. The molecule has 4 heteroatoms. The molecule has 0 fully saturated rings. The van der Waals surface area contributed by atoms with E-state index in [1.165, 1.54) is 0 Å². The molecule has 0 N–H and O–H groups in total. The fraction of sp³-hybridized carbons (Fsp3) is 0.429. The Labute approximate surface area is 106 Å². The summed E-state index contributed by atoms with van der Waals surface area (Å²) in [5, 5.41) is 4.46. The average Bonchev–Trinajstić information content (AvgIpc) is 2.92. The van der Waals surface area contributed by atoms with E-state index >= 15 is 0 Å². The lowest BCUT2D eigenvalue weighted by Crippen LogP contribution is -2.08. The highest BCUT2D eigenvalue weighted by Crippen LogP contribution is 2.39. The number of nitrogens with zero attached hydrogens (tertiary/aromatic N) is 3. The van der Waals surface area contributed by atoms with Gasteiger partial charge in [0.15, 0.2) is 17.8 Å². The molecule has 0 unspecified atom stereocenters. The molecular weight excluding hydrogens is 229 g/mol. The van der Waals surface area contributed by atoms with Gasteiger partial charge >= 0.3 is 0 Å². The normalized spacial score (nSPS) is 22.4. The molecule has 0 amide bonds. The van der Waals surface area contributed by atoms with Crippen LogP contribution < -0.4 is 0 Å². The van der Waals surface area contributed by atoms with Crippen molar-refractivity contribution in [3.63, 3.8) is 0 Å². The van der Waals surface area contributed by atoms with Crippen LogP contribution in [0.3, 0.4) is 0 Å². The Kier molecular flexibility index (Phi) is 2.65. The molecule has 0 saturated carbocycles. The zero-order valence-corrected chi connectivity index (χ0v) is 10.5. The third-order valence-electron chi connectivity index (χ3n) is 3.38. The van der Waals surface area contributed by atoms with E-state index in [1.54, 1.807) is 4.68 Å². The predicted octanol–water partition coefficient (Wildman–Crippen LogP) is 3.41. The van der Waals surface area contributed by atoms with Crippen molar-refractivity contribution in [2.45, 2.75) is 38.4 Å². The molecule has 18 heavy (non-hydrogen) atoms. The van der Waals surface area contributed by atoms with Gasteiger partial charge < -0.3 is 0 Å². The van der Waals surface area contributed by atoms with Crippen LogP contribution in [0.2, 0.25) is 0 Å². The zero-order valence-electron chi connectivity index (χ0n) is 10.5. The molecule has 0 bridgehead atoms. The molecule has 2 heterocycles. The Morgan fingerprint density at radius 3 is 2.67 bits per heavy atom. The largest absolute Gasteiger partial charge is 0.239 e. The molecule has 3 nitrogen and oxygen atoms in total. The molecule has 0 radical (unpaired) electrons. The molecule has 1 aliphatic heterocycles. The minimum Gasteiger partial charge on any atom is -0.239 e. The van der Waals surface area contributed by atoms with E-state index in [9.17, 15) is 4.39 Å². The van der Waals surface area contributed by atoms with Gasteiger partial charge in [-0.15, -0.1) is 0 Å². The molecule has 2 atom stereocenters. The Balaban J connectivity index is 2.03. The topological polar surface area (TPSA) is 30.7 Å². The van der Waals surface area contributed by atoms with Crippen molar-refractivity contribution < 1.29 is 4.39 Å². The molecule has 3 rings (SSSR count).